The zero-order valence-corrected chi connectivity index (χ0v) is 17.5. The molecule has 3 aromatic rings. The number of nitrogens with one attached hydrogen (secondary N) is 1. The Morgan fingerprint density at radius 3 is 2.60 bits per heavy atom. The Morgan fingerprint density at radius 2 is 1.93 bits per heavy atom. The molecule has 6 heteroatoms. The van der Waals surface area contributed by atoms with Gasteiger partial charge in [-0.1, -0.05) is 29.8 Å². The first-order chi connectivity index (χ1) is 14.4. The third-order valence-electron chi connectivity index (χ3n) is 6.18. The largest absolute Gasteiger partial charge is 0.394 e. The number of fused-ring (bicyclic) bond motifs is 3. The fraction of sp³-hybridized carbons (Fsp3) is 0.375. The highest BCUT2D eigenvalue weighted by atomic mass is 16.3. The highest BCUT2D eigenvalue weighted by molar-refractivity contribution is 5.95. The molecule has 1 saturated carbocycles. The number of aryl methyl sites for hydroxylation is 1. The molecule has 2 atom stereocenters. The van der Waals surface area contributed by atoms with Gasteiger partial charge in [-0.15, -0.1) is 0 Å². The second kappa shape index (κ2) is 6.77. The molecule has 2 heterocycles. The van der Waals surface area contributed by atoms with Gasteiger partial charge in [0, 0.05) is 23.2 Å². The predicted octanol–water partition coefficient (Wildman–Crippen LogP) is 3.40. The number of hydrogen-bond acceptors (Lipinski definition) is 4. The Morgan fingerprint density at radius 1 is 1.20 bits per heavy atom. The number of carbonyl (C=O) groups excluding carboxylic acids is 1. The molecule has 0 radical (unpaired) electrons. The van der Waals surface area contributed by atoms with Gasteiger partial charge in [0.1, 0.15) is 0 Å². The van der Waals surface area contributed by atoms with Crippen molar-refractivity contribution in [1.29, 1.82) is 0 Å². The number of aliphatic hydroxyl groups excluding tert-OH is 1. The lowest BCUT2D eigenvalue weighted by molar-refractivity contribution is 0.0863. The summed E-state index contributed by atoms with van der Waals surface area (Å²) in [6.07, 6.45) is 3.91. The molecule has 1 aromatic carbocycles. The number of pyridine rings is 1. The van der Waals surface area contributed by atoms with E-state index in [4.69, 9.17) is 0 Å². The summed E-state index contributed by atoms with van der Waals surface area (Å²) in [5.74, 6) is 1.59. The van der Waals surface area contributed by atoms with E-state index in [1.165, 1.54) is 5.56 Å². The molecule has 1 amide bonds. The van der Waals surface area contributed by atoms with Crippen LogP contribution in [-0.4, -0.2) is 37.9 Å². The van der Waals surface area contributed by atoms with Crippen molar-refractivity contribution in [2.45, 2.75) is 45.1 Å². The lowest BCUT2D eigenvalue weighted by Crippen LogP contribution is -2.46. The smallest absolute Gasteiger partial charge is 0.272 e. The summed E-state index contributed by atoms with van der Waals surface area (Å²) in [4.78, 5) is 17.6. The van der Waals surface area contributed by atoms with Crippen LogP contribution >= 0.6 is 0 Å². The van der Waals surface area contributed by atoms with Gasteiger partial charge < -0.3 is 10.4 Å². The first-order valence-corrected chi connectivity index (χ1v) is 10.4. The van der Waals surface area contributed by atoms with Gasteiger partial charge in [0.05, 0.1) is 17.8 Å². The van der Waals surface area contributed by atoms with Crippen LogP contribution in [0.4, 0.5) is 0 Å². The van der Waals surface area contributed by atoms with Crippen LogP contribution in [-0.2, 0) is 6.42 Å². The molecule has 2 aromatic heterocycles. The quantitative estimate of drug-likeness (QED) is 0.685. The van der Waals surface area contributed by atoms with Gasteiger partial charge >= 0.3 is 0 Å². The van der Waals surface area contributed by atoms with Crippen LogP contribution in [0, 0.1) is 12.8 Å². The summed E-state index contributed by atoms with van der Waals surface area (Å²) in [7, 11) is 0. The van der Waals surface area contributed by atoms with Gasteiger partial charge in [0.25, 0.3) is 5.91 Å². The molecule has 0 aliphatic heterocycles. The predicted molar refractivity (Wildman–Crippen MR) is 115 cm³/mol. The minimum atomic E-state index is -0.691. The third-order valence-corrected chi connectivity index (χ3v) is 6.18. The van der Waals surface area contributed by atoms with Gasteiger partial charge in [-0.25, -0.2) is 9.67 Å². The van der Waals surface area contributed by atoms with Gasteiger partial charge in [0.2, 0.25) is 0 Å². The molecule has 0 saturated heterocycles. The number of hydrogen-bond donors (Lipinski definition) is 2. The monoisotopic (exact) mass is 402 g/mol. The Hall–Kier alpha value is -2.99. The molecule has 0 spiro atoms. The lowest BCUT2D eigenvalue weighted by atomic mass is 10.1. The number of aliphatic hydroxyl groups is 1. The first-order valence-electron chi connectivity index (χ1n) is 10.4. The number of carbonyl (C=O) groups is 1. The zero-order chi connectivity index (χ0) is 21.0. The molecule has 2 aliphatic rings. The second-order valence-electron chi connectivity index (χ2n) is 9.20. The Balaban J connectivity index is 1.49. The van der Waals surface area contributed by atoms with Crippen LogP contribution < -0.4 is 5.32 Å². The van der Waals surface area contributed by atoms with E-state index in [-0.39, 0.29) is 12.5 Å². The van der Waals surface area contributed by atoms with Gasteiger partial charge in [0.15, 0.2) is 11.5 Å². The minimum Gasteiger partial charge on any atom is -0.394 e. The average molecular weight is 402 g/mol. The minimum absolute atomic E-state index is 0.130. The van der Waals surface area contributed by atoms with Crippen LogP contribution in [0.5, 0.6) is 0 Å². The zero-order valence-electron chi connectivity index (χ0n) is 17.5. The lowest BCUT2D eigenvalue weighted by Gasteiger charge is -2.23. The number of nitrogens with zero attached hydrogens (tertiary/aromatic N) is 3. The summed E-state index contributed by atoms with van der Waals surface area (Å²) >= 11 is 0. The van der Waals surface area contributed by atoms with Crippen LogP contribution in [0.15, 0.2) is 42.6 Å². The number of aromatic nitrogens is 3. The van der Waals surface area contributed by atoms with E-state index < -0.39 is 5.54 Å². The van der Waals surface area contributed by atoms with Crippen molar-refractivity contribution in [3.05, 3.63) is 65.1 Å². The third kappa shape index (κ3) is 3.21. The van der Waals surface area contributed by atoms with Gasteiger partial charge in [-0.2, -0.15) is 5.10 Å². The van der Waals surface area contributed by atoms with Crippen LogP contribution in [0.25, 0.3) is 16.9 Å². The first kappa shape index (κ1) is 19.0. The van der Waals surface area contributed by atoms with Crippen molar-refractivity contribution >= 4 is 5.91 Å². The summed E-state index contributed by atoms with van der Waals surface area (Å²) < 4.78 is 1.85. The number of amides is 1. The molecule has 6 nitrogen and oxygen atoms in total. The molecule has 5 rings (SSSR count). The highest BCUT2D eigenvalue weighted by Gasteiger charge is 2.50. The number of rotatable bonds is 5. The molecule has 0 unspecified atom stereocenters. The standard InChI is InChI=1S/C24H26N4O2/c1-14-4-6-15(7-5-14)16-8-9-20(25-12-16)28-22-18-10-17(18)11-19(22)21(27-28)23(30)26-24(2,3)13-29/h4-9,12,17-18,29H,10-11,13H2,1-3H3,(H,26,30)/t17-,18-/m0/s1. The van der Waals surface area contributed by atoms with Crippen LogP contribution in [0.1, 0.15) is 53.5 Å². The van der Waals surface area contributed by atoms with E-state index >= 15 is 0 Å². The Bertz CT molecular complexity index is 1110. The molecule has 30 heavy (non-hydrogen) atoms. The summed E-state index contributed by atoms with van der Waals surface area (Å²) in [6, 6.07) is 12.4. The molecular formula is C24H26N4O2. The van der Waals surface area contributed by atoms with Crippen LogP contribution in [0.2, 0.25) is 0 Å². The molecule has 0 bridgehead atoms. The summed E-state index contributed by atoms with van der Waals surface area (Å²) in [6.45, 7) is 5.54. The molecule has 2 N–H and O–H groups in total. The SMILES string of the molecule is Cc1ccc(-c2ccc(-n3nc(C(=O)NC(C)(C)CO)c4c3[C@H]3C[C@H]3C4)nc2)cc1. The van der Waals surface area contributed by atoms with Gasteiger partial charge in [-0.3, -0.25) is 4.79 Å². The van der Waals surface area contributed by atoms with Crippen LogP contribution in [0.3, 0.4) is 0 Å². The Kier molecular flexibility index (Phi) is 4.29. The maximum atomic E-state index is 12.9. The van der Waals surface area contributed by atoms with Crippen molar-refractivity contribution in [2.75, 3.05) is 6.61 Å². The van der Waals surface area contributed by atoms with E-state index in [9.17, 15) is 9.90 Å². The topological polar surface area (TPSA) is 80.0 Å². The van der Waals surface area contributed by atoms with Crippen molar-refractivity contribution in [3.8, 4) is 16.9 Å². The van der Waals surface area contributed by atoms with Gasteiger partial charge in [-0.05, 0) is 57.2 Å². The van der Waals surface area contributed by atoms with Crippen molar-refractivity contribution < 1.29 is 9.90 Å². The van der Waals surface area contributed by atoms with E-state index in [1.807, 2.05) is 16.9 Å². The maximum Gasteiger partial charge on any atom is 0.272 e. The molecule has 1 fully saturated rings. The van der Waals surface area contributed by atoms with Crippen molar-refractivity contribution in [3.63, 3.8) is 0 Å². The summed E-state index contributed by atoms with van der Waals surface area (Å²) in [5, 5.41) is 17.1. The van der Waals surface area contributed by atoms with Crippen molar-refractivity contribution in [1.82, 2.24) is 20.1 Å². The van der Waals surface area contributed by atoms with E-state index in [0.717, 1.165) is 41.0 Å². The normalized spacial score (nSPS) is 19.3. The fourth-order valence-electron chi connectivity index (χ4n) is 4.31. The van der Waals surface area contributed by atoms with E-state index in [2.05, 4.69) is 52.7 Å². The highest BCUT2D eigenvalue weighted by Crippen LogP contribution is 2.57. The fourth-order valence-corrected chi connectivity index (χ4v) is 4.31. The second-order valence-corrected chi connectivity index (χ2v) is 9.20. The molecular weight excluding hydrogens is 376 g/mol. The van der Waals surface area contributed by atoms with E-state index in [1.54, 1.807) is 13.8 Å². The maximum absolute atomic E-state index is 12.9. The number of benzene rings is 1. The Labute approximate surface area is 176 Å². The van der Waals surface area contributed by atoms with E-state index in [0.29, 0.717) is 17.5 Å². The average Bonchev–Trinajstić information content (AvgIpc) is 3.23. The van der Waals surface area contributed by atoms with Crippen molar-refractivity contribution in [2.24, 2.45) is 5.92 Å². The summed E-state index contributed by atoms with van der Waals surface area (Å²) in [5.41, 5.74) is 5.33. The molecule has 154 valence electrons. The molecule has 2 aliphatic carbocycles.